The molecule has 0 unspecified atom stereocenters. The van der Waals surface area contributed by atoms with E-state index in [1.165, 1.54) is 18.2 Å². The number of hydrogen-bond acceptors (Lipinski definition) is 3. The molecule has 5 nitrogen and oxygen atoms in total. The number of rotatable bonds is 5. The van der Waals surface area contributed by atoms with Crippen molar-refractivity contribution in [3.63, 3.8) is 0 Å². The Morgan fingerprint density at radius 1 is 1.17 bits per heavy atom. The van der Waals surface area contributed by atoms with Crippen LogP contribution in [0.4, 0.5) is 4.39 Å². The molecule has 0 radical (unpaired) electrons. The highest BCUT2D eigenvalue weighted by Gasteiger charge is 2.35. The molecular formula is C17H21FN2O3. The molecule has 1 aliphatic heterocycles. The first kappa shape index (κ1) is 17.1. The van der Waals surface area contributed by atoms with Crippen molar-refractivity contribution < 1.29 is 18.7 Å². The van der Waals surface area contributed by atoms with Crippen LogP contribution in [0.1, 0.15) is 18.4 Å². The molecule has 0 spiro atoms. The van der Waals surface area contributed by atoms with Crippen molar-refractivity contribution in [3.05, 3.63) is 48.3 Å². The van der Waals surface area contributed by atoms with Crippen LogP contribution >= 0.6 is 0 Å². The van der Waals surface area contributed by atoms with Gasteiger partial charge < -0.3 is 15.4 Å². The Balaban J connectivity index is 2.07. The summed E-state index contributed by atoms with van der Waals surface area (Å²) in [4.78, 5) is 23.5. The van der Waals surface area contributed by atoms with E-state index in [1.54, 1.807) is 12.1 Å². The zero-order chi connectivity index (χ0) is 16.7. The third-order valence-electron chi connectivity index (χ3n) is 4.11. The number of nitrogens with one attached hydrogen (secondary N) is 2. The standard InChI is InChI=1S/C17H21FN2O3/c1-2-9-19-15(21)16(22)20-12-17(7-10-23-11-8-17)13-3-5-14(18)6-4-13/h2-6H,1,7-12H2,(H,19,21)(H,20,22). The molecule has 1 heterocycles. The van der Waals surface area contributed by atoms with Crippen molar-refractivity contribution in [1.82, 2.24) is 10.6 Å². The first-order chi connectivity index (χ1) is 11.1. The lowest BCUT2D eigenvalue weighted by Crippen LogP contribution is -2.48. The number of ether oxygens (including phenoxy) is 1. The topological polar surface area (TPSA) is 67.4 Å². The summed E-state index contributed by atoms with van der Waals surface area (Å²) in [7, 11) is 0. The van der Waals surface area contributed by atoms with Gasteiger partial charge in [0.2, 0.25) is 0 Å². The van der Waals surface area contributed by atoms with Crippen LogP contribution in [-0.2, 0) is 19.7 Å². The van der Waals surface area contributed by atoms with Crippen LogP contribution in [0.2, 0.25) is 0 Å². The van der Waals surface area contributed by atoms with E-state index in [-0.39, 0.29) is 17.8 Å². The van der Waals surface area contributed by atoms with Gasteiger partial charge in [-0.25, -0.2) is 4.39 Å². The Kier molecular flexibility index (Phi) is 5.87. The maximum atomic E-state index is 13.2. The van der Waals surface area contributed by atoms with Gasteiger partial charge in [0.05, 0.1) is 0 Å². The summed E-state index contributed by atoms with van der Waals surface area (Å²) < 4.78 is 18.6. The summed E-state index contributed by atoms with van der Waals surface area (Å²) in [6, 6.07) is 6.27. The van der Waals surface area contributed by atoms with Gasteiger partial charge in [-0.1, -0.05) is 18.2 Å². The molecule has 0 bridgehead atoms. The molecule has 0 saturated carbocycles. The minimum Gasteiger partial charge on any atom is -0.381 e. The molecule has 23 heavy (non-hydrogen) atoms. The maximum Gasteiger partial charge on any atom is 0.309 e. The molecule has 1 aromatic carbocycles. The van der Waals surface area contributed by atoms with Gasteiger partial charge in [-0.2, -0.15) is 0 Å². The molecule has 0 atom stereocenters. The molecule has 0 aliphatic carbocycles. The first-order valence-corrected chi connectivity index (χ1v) is 7.58. The van der Waals surface area contributed by atoms with E-state index in [1.807, 2.05) is 0 Å². The second-order valence-electron chi connectivity index (χ2n) is 5.58. The normalized spacial score (nSPS) is 16.4. The number of hydrogen-bond donors (Lipinski definition) is 2. The smallest absolute Gasteiger partial charge is 0.309 e. The van der Waals surface area contributed by atoms with Gasteiger partial charge in [0, 0.05) is 31.7 Å². The van der Waals surface area contributed by atoms with Crippen molar-refractivity contribution in [3.8, 4) is 0 Å². The Hall–Kier alpha value is -2.21. The van der Waals surface area contributed by atoms with E-state index >= 15 is 0 Å². The first-order valence-electron chi connectivity index (χ1n) is 7.58. The Labute approximate surface area is 134 Å². The van der Waals surface area contributed by atoms with Crippen LogP contribution in [0.15, 0.2) is 36.9 Å². The SMILES string of the molecule is C=CCNC(=O)C(=O)NCC1(c2ccc(F)cc2)CCOCC1. The number of carbonyl (C=O) groups is 2. The highest BCUT2D eigenvalue weighted by Crippen LogP contribution is 2.34. The van der Waals surface area contributed by atoms with Crippen LogP contribution in [0.3, 0.4) is 0 Å². The van der Waals surface area contributed by atoms with E-state index in [0.717, 1.165) is 5.56 Å². The molecule has 1 aliphatic rings. The van der Waals surface area contributed by atoms with Gasteiger partial charge in [0.15, 0.2) is 0 Å². The van der Waals surface area contributed by atoms with Gasteiger partial charge >= 0.3 is 11.8 Å². The van der Waals surface area contributed by atoms with Crippen LogP contribution in [0, 0.1) is 5.82 Å². The van der Waals surface area contributed by atoms with E-state index < -0.39 is 11.8 Å². The summed E-state index contributed by atoms with van der Waals surface area (Å²) in [6.45, 7) is 5.16. The molecule has 1 aromatic rings. The molecular weight excluding hydrogens is 299 g/mol. The van der Waals surface area contributed by atoms with Crippen molar-refractivity contribution in [2.45, 2.75) is 18.3 Å². The highest BCUT2D eigenvalue weighted by atomic mass is 19.1. The van der Waals surface area contributed by atoms with Crippen molar-refractivity contribution in [1.29, 1.82) is 0 Å². The van der Waals surface area contributed by atoms with Crippen molar-refractivity contribution in [2.75, 3.05) is 26.3 Å². The molecule has 6 heteroatoms. The molecule has 2 N–H and O–H groups in total. The van der Waals surface area contributed by atoms with Crippen LogP contribution in [-0.4, -0.2) is 38.1 Å². The van der Waals surface area contributed by atoms with Gasteiger partial charge in [-0.15, -0.1) is 6.58 Å². The molecule has 1 saturated heterocycles. The van der Waals surface area contributed by atoms with E-state index in [2.05, 4.69) is 17.2 Å². The fraction of sp³-hybridized carbons (Fsp3) is 0.412. The lowest BCUT2D eigenvalue weighted by Gasteiger charge is -2.37. The van der Waals surface area contributed by atoms with Crippen molar-refractivity contribution >= 4 is 11.8 Å². The Bertz CT molecular complexity index is 566. The Morgan fingerprint density at radius 2 is 1.78 bits per heavy atom. The average molecular weight is 320 g/mol. The summed E-state index contributed by atoms with van der Waals surface area (Å²) in [5, 5.41) is 5.12. The fourth-order valence-corrected chi connectivity index (χ4v) is 2.71. The quantitative estimate of drug-likeness (QED) is 0.635. The molecule has 124 valence electrons. The molecule has 2 amide bonds. The van der Waals surface area contributed by atoms with Crippen LogP contribution in [0.25, 0.3) is 0 Å². The van der Waals surface area contributed by atoms with Gasteiger partial charge in [-0.05, 0) is 30.5 Å². The number of benzene rings is 1. The predicted molar refractivity (Wildman–Crippen MR) is 84.3 cm³/mol. The number of amides is 2. The third-order valence-corrected chi connectivity index (χ3v) is 4.11. The summed E-state index contributed by atoms with van der Waals surface area (Å²) in [5.74, 6) is -1.67. The largest absolute Gasteiger partial charge is 0.381 e. The van der Waals surface area contributed by atoms with Gasteiger partial charge in [-0.3, -0.25) is 9.59 Å². The summed E-state index contributed by atoms with van der Waals surface area (Å²) in [6.07, 6.45) is 2.91. The minimum absolute atomic E-state index is 0.239. The van der Waals surface area contributed by atoms with Crippen molar-refractivity contribution in [2.24, 2.45) is 0 Å². The van der Waals surface area contributed by atoms with Crippen LogP contribution in [0.5, 0.6) is 0 Å². The van der Waals surface area contributed by atoms with E-state index in [9.17, 15) is 14.0 Å². The molecule has 2 rings (SSSR count). The minimum atomic E-state index is -0.689. The van der Waals surface area contributed by atoms with Gasteiger partial charge in [0.25, 0.3) is 0 Å². The lowest BCUT2D eigenvalue weighted by atomic mass is 9.74. The van der Waals surface area contributed by atoms with E-state index in [4.69, 9.17) is 4.74 Å². The maximum absolute atomic E-state index is 13.2. The van der Waals surface area contributed by atoms with Gasteiger partial charge in [0.1, 0.15) is 5.82 Å². The van der Waals surface area contributed by atoms with E-state index in [0.29, 0.717) is 32.6 Å². The fourth-order valence-electron chi connectivity index (χ4n) is 2.71. The third kappa shape index (κ3) is 4.39. The zero-order valence-electron chi connectivity index (χ0n) is 12.9. The number of carbonyl (C=O) groups excluding carboxylic acids is 2. The second-order valence-corrected chi connectivity index (χ2v) is 5.58. The highest BCUT2D eigenvalue weighted by molar-refractivity contribution is 6.35. The van der Waals surface area contributed by atoms with Crippen LogP contribution < -0.4 is 10.6 Å². The lowest BCUT2D eigenvalue weighted by molar-refractivity contribution is -0.139. The number of halogens is 1. The summed E-state index contributed by atoms with van der Waals surface area (Å²) in [5.41, 5.74) is 0.592. The Morgan fingerprint density at radius 3 is 2.39 bits per heavy atom. The summed E-state index contributed by atoms with van der Waals surface area (Å²) >= 11 is 0. The molecule has 0 aromatic heterocycles. The predicted octanol–water partition coefficient (Wildman–Crippen LogP) is 1.29. The average Bonchev–Trinajstić information content (AvgIpc) is 2.59. The molecule has 1 fully saturated rings. The monoisotopic (exact) mass is 320 g/mol. The zero-order valence-corrected chi connectivity index (χ0v) is 12.9. The second kappa shape index (κ2) is 7.87.